The van der Waals surface area contributed by atoms with Gasteiger partial charge in [-0.05, 0) is 35.0 Å². The Bertz CT molecular complexity index is 719. The first-order valence-electron chi connectivity index (χ1n) is 5.84. The highest BCUT2D eigenvalue weighted by Crippen LogP contribution is 2.25. The number of anilines is 1. The van der Waals surface area contributed by atoms with Crippen LogP contribution in [0.5, 0.6) is 0 Å². The van der Waals surface area contributed by atoms with E-state index in [-0.39, 0.29) is 5.82 Å². The third-order valence-corrected chi connectivity index (χ3v) is 3.68. The van der Waals surface area contributed by atoms with E-state index in [4.69, 9.17) is 0 Å². The van der Waals surface area contributed by atoms with Crippen LogP contribution < -0.4 is 5.43 Å². The third-order valence-electron chi connectivity index (χ3n) is 2.76. The molecule has 0 radical (unpaired) electrons. The number of thiophene rings is 1. The van der Waals surface area contributed by atoms with Gasteiger partial charge in [0.15, 0.2) is 0 Å². The van der Waals surface area contributed by atoms with Crippen molar-refractivity contribution in [3.63, 3.8) is 0 Å². The van der Waals surface area contributed by atoms with Gasteiger partial charge >= 0.3 is 0 Å². The van der Waals surface area contributed by atoms with E-state index in [1.807, 2.05) is 47.8 Å². The number of halogens is 1. The van der Waals surface area contributed by atoms with Crippen molar-refractivity contribution in [3.8, 4) is 0 Å². The van der Waals surface area contributed by atoms with Crippen LogP contribution in [-0.2, 0) is 0 Å². The van der Waals surface area contributed by atoms with Crippen molar-refractivity contribution in [1.29, 1.82) is 0 Å². The van der Waals surface area contributed by atoms with Crippen LogP contribution in [0, 0.1) is 5.82 Å². The highest BCUT2D eigenvalue weighted by Gasteiger charge is 2.06. The summed E-state index contributed by atoms with van der Waals surface area (Å²) >= 11 is 1.40. The average molecular weight is 270 g/mol. The Balaban J connectivity index is 1.83. The molecule has 0 atom stereocenters. The topological polar surface area (TPSA) is 24.4 Å². The number of hydrogen-bond donors (Lipinski definition) is 1. The Morgan fingerprint density at radius 3 is 2.74 bits per heavy atom. The molecule has 0 fully saturated rings. The predicted octanol–water partition coefficient (Wildman–Crippen LogP) is 4.49. The summed E-state index contributed by atoms with van der Waals surface area (Å²) in [5.74, 6) is -0.217. The second-order valence-corrected chi connectivity index (χ2v) is 4.96. The van der Waals surface area contributed by atoms with Gasteiger partial charge < -0.3 is 0 Å². The van der Waals surface area contributed by atoms with Gasteiger partial charge in [0.1, 0.15) is 5.82 Å². The van der Waals surface area contributed by atoms with Crippen molar-refractivity contribution in [2.75, 3.05) is 5.43 Å². The van der Waals surface area contributed by atoms with E-state index >= 15 is 0 Å². The van der Waals surface area contributed by atoms with Gasteiger partial charge in [0.05, 0.1) is 16.6 Å². The number of nitrogens with one attached hydrogen (secondary N) is 1. The van der Waals surface area contributed by atoms with E-state index in [9.17, 15) is 4.39 Å². The molecule has 0 unspecified atom stereocenters. The van der Waals surface area contributed by atoms with Crippen LogP contribution in [0.2, 0.25) is 0 Å². The number of benzene rings is 2. The molecule has 3 rings (SSSR count). The third kappa shape index (κ3) is 2.48. The van der Waals surface area contributed by atoms with E-state index in [2.05, 4.69) is 10.5 Å². The van der Waals surface area contributed by atoms with Crippen molar-refractivity contribution in [2.45, 2.75) is 0 Å². The molecule has 3 aromatic rings. The molecule has 0 bridgehead atoms. The zero-order chi connectivity index (χ0) is 13.1. The number of hydrazone groups is 1. The van der Waals surface area contributed by atoms with E-state index in [1.54, 1.807) is 6.07 Å². The molecule has 0 amide bonds. The molecular formula is C15H11FN2S. The maximum Gasteiger partial charge on any atom is 0.149 e. The molecule has 0 aliphatic heterocycles. The Hall–Kier alpha value is -2.20. The van der Waals surface area contributed by atoms with Crippen molar-refractivity contribution in [3.05, 3.63) is 65.3 Å². The van der Waals surface area contributed by atoms with Crippen molar-refractivity contribution in [1.82, 2.24) is 0 Å². The lowest BCUT2D eigenvalue weighted by Crippen LogP contribution is -1.92. The van der Waals surface area contributed by atoms with Gasteiger partial charge in [-0.3, -0.25) is 5.43 Å². The van der Waals surface area contributed by atoms with Gasteiger partial charge in [-0.15, -0.1) is 11.3 Å². The summed E-state index contributed by atoms with van der Waals surface area (Å²) in [7, 11) is 0. The van der Waals surface area contributed by atoms with Gasteiger partial charge in [0.25, 0.3) is 0 Å². The Labute approximate surface area is 114 Å². The molecule has 4 heteroatoms. The lowest BCUT2D eigenvalue weighted by Gasteiger charge is -2.00. The number of fused-ring (bicyclic) bond motifs is 1. The summed E-state index contributed by atoms with van der Waals surface area (Å²) in [6.07, 6.45) is 1.50. The van der Waals surface area contributed by atoms with Gasteiger partial charge in [-0.25, -0.2) is 4.39 Å². The normalized spacial score (nSPS) is 11.2. The first-order chi connectivity index (χ1) is 9.34. The standard InChI is InChI=1S/C15H11FN2S/c16-14-12(7-6-11-8-9-19-15(11)14)10-17-18-13-4-2-1-3-5-13/h1-10,18H. The molecule has 0 aliphatic carbocycles. The van der Waals surface area contributed by atoms with Crippen molar-refractivity contribution < 1.29 is 4.39 Å². The van der Waals surface area contributed by atoms with E-state index in [1.165, 1.54) is 17.6 Å². The molecule has 2 aromatic carbocycles. The van der Waals surface area contributed by atoms with Crippen LogP contribution in [0.15, 0.2) is 59.0 Å². The molecule has 0 saturated heterocycles. The zero-order valence-corrected chi connectivity index (χ0v) is 10.8. The number of rotatable bonds is 3. The minimum Gasteiger partial charge on any atom is -0.279 e. The largest absolute Gasteiger partial charge is 0.279 e. The minimum atomic E-state index is -0.217. The van der Waals surface area contributed by atoms with Crippen LogP contribution in [0.3, 0.4) is 0 Å². The second kappa shape index (κ2) is 5.20. The zero-order valence-electron chi connectivity index (χ0n) is 10.0. The smallest absolute Gasteiger partial charge is 0.149 e. The van der Waals surface area contributed by atoms with Gasteiger partial charge in [0.2, 0.25) is 0 Å². The number of nitrogens with zero attached hydrogens (tertiary/aromatic N) is 1. The summed E-state index contributed by atoms with van der Waals surface area (Å²) in [6, 6.07) is 15.1. The highest BCUT2D eigenvalue weighted by atomic mass is 32.1. The summed E-state index contributed by atoms with van der Waals surface area (Å²) in [4.78, 5) is 0. The van der Waals surface area contributed by atoms with Crippen LogP contribution in [0.4, 0.5) is 10.1 Å². The van der Waals surface area contributed by atoms with Crippen LogP contribution in [0.25, 0.3) is 10.1 Å². The summed E-state index contributed by atoms with van der Waals surface area (Å²) in [5, 5.41) is 6.87. The number of hydrogen-bond acceptors (Lipinski definition) is 3. The van der Waals surface area contributed by atoms with E-state index in [0.29, 0.717) is 10.3 Å². The molecule has 19 heavy (non-hydrogen) atoms. The van der Waals surface area contributed by atoms with Crippen LogP contribution in [0.1, 0.15) is 5.56 Å². The van der Waals surface area contributed by atoms with Gasteiger partial charge in [0, 0.05) is 5.56 Å². The minimum absolute atomic E-state index is 0.217. The fraction of sp³-hybridized carbons (Fsp3) is 0. The van der Waals surface area contributed by atoms with Crippen molar-refractivity contribution in [2.24, 2.45) is 5.10 Å². The number of para-hydroxylation sites is 1. The predicted molar refractivity (Wildman–Crippen MR) is 79.4 cm³/mol. The van der Waals surface area contributed by atoms with Gasteiger partial charge in [-0.1, -0.05) is 24.3 Å². The van der Waals surface area contributed by atoms with Crippen LogP contribution >= 0.6 is 11.3 Å². The SMILES string of the molecule is Fc1c(C=NNc2ccccc2)ccc2ccsc12. The molecule has 1 N–H and O–H groups in total. The Kier molecular flexibility index (Phi) is 3.25. The Morgan fingerprint density at radius 1 is 1.05 bits per heavy atom. The molecule has 1 heterocycles. The Morgan fingerprint density at radius 2 is 1.89 bits per heavy atom. The molecule has 2 nitrogen and oxygen atoms in total. The lowest BCUT2D eigenvalue weighted by atomic mass is 10.2. The van der Waals surface area contributed by atoms with Gasteiger partial charge in [-0.2, -0.15) is 5.10 Å². The monoisotopic (exact) mass is 270 g/mol. The quantitative estimate of drug-likeness (QED) is 0.550. The highest BCUT2D eigenvalue weighted by molar-refractivity contribution is 7.17. The maximum atomic E-state index is 14.1. The summed E-state index contributed by atoms with van der Waals surface area (Å²) in [6.45, 7) is 0. The van der Waals surface area contributed by atoms with E-state index < -0.39 is 0 Å². The molecule has 94 valence electrons. The van der Waals surface area contributed by atoms with Crippen molar-refractivity contribution >= 4 is 33.3 Å². The molecule has 0 aliphatic rings. The maximum absolute atomic E-state index is 14.1. The van der Waals surface area contributed by atoms with Crippen LogP contribution in [-0.4, -0.2) is 6.21 Å². The molecule has 0 saturated carbocycles. The molecule has 1 aromatic heterocycles. The fourth-order valence-electron chi connectivity index (χ4n) is 1.80. The summed E-state index contributed by atoms with van der Waals surface area (Å²) in [5.41, 5.74) is 4.22. The molecular weight excluding hydrogens is 259 g/mol. The molecule has 0 spiro atoms. The average Bonchev–Trinajstić information content (AvgIpc) is 2.92. The first-order valence-corrected chi connectivity index (χ1v) is 6.72. The lowest BCUT2D eigenvalue weighted by molar-refractivity contribution is 0.640. The first kappa shape index (κ1) is 11.9. The second-order valence-electron chi connectivity index (χ2n) is 4.04. The fourth-order valence-corrected chi connectivity index (χ4v) is 2.65. The summed E-state index contributed by atoms with van der Waals surface area (Å²) < 4.78 is 14.8. The van der Waals surface area contributed by atoms with E-state index in [0.717, 1.165) is 11.1 Å².